The lowest BCUT2D eigenvalue weighted by atomic mass is 10.2. The Morgan fingerprint density at radius 3 is 2.67 bits per heavy atom. The summed E-state index contributed by atoms with van der Waals surface area (Å²) in [5.74, 6) is 0.0396. The van der Waals surface area contributed by atoms with Gasteiger partial charge in [0, 0.05) is 15.2 Å². The SMILES string of the molecule is O=C(Nc1cc(Cl)ncn1)c1ccc(I)c(Cl)c1. The summed E-state index contributed by atoms with van der Waals surface area (Å²) in [7, 11) is 0. The number of rotatable bonds is 2. The van der Waals surface area contributed by atoms with Crippen molar-refractivity contribution < 1.29 is 4.79 Å². The van der Waals surface area contributed by atoms with Crippen LogP contribution in [-0.4, -0.2) is 15.9 Å². The highest BCUT2D eigenvalue weighted by Gasteiger charge is 2.09. The van der Waals surface area contributed by atoms with Gasteiger partial charge in [-0.05, 0) is 40.8 Å². The third kappa shape index (κ3) is 3.30. The molecule has 0 saturated carbocycles. The zero-order chi connectivity index (χ0) is 13.1. The van der Waals surface area contributed by atoms with Gasteiger partial charge in [0.2, 0.25) is 0 Å². The van der Waals surface area contributed by atoms with E-state index in [9.17, 15) is 4.79 Å². The third-order valence-corrected chi connectivity index (χ3v) is 3.84. The summed E-state index contributed by atoms with van der Waals surface area (Å²) in [6.07, 6.45) is 1.28. The van der Waals surface area contributed by atoms with Gasteiger partial charge in [0.1, 0.15) is 17.3 Å². The van der Waals surface area contributed by atoms with Gasteiger partial charge in [-0.3, -0.25) is 4.79 Å². The zero-order valence-corrected chi connectivity index (χ0v) is 12.5. The lowest BCUT2D eigenvalue weighted by Crippen LogP contribution is -2.13. The minimum Gasteiger partial charge on any atom is -0.306 e. The number of hydrogen-bond acceptors (Lipinski definition) is 3. The fraction of sp³-hybridized carbons (Fsp3) is 0. The van der Waals surface area contributed by atoms with Crippen LogP contribution in [0, 0.1) is 3.57 Å². The van der Waals surface area contributed by atoms with Crippen LogP contribution in [0.2, 0.25) is 10.2 Å². The Labute approximate surface area is 127 Å². The van der Waals surface area contributed by atoms with Crippen molar-refractivity contribution in [2.24, 2.45) is 0 Å². The predicted molar refractivity (Wildman–Crippen MR) is 79.2 cm³/mol. The molecule has 1 aromatic carbocycles. The quantitative estimate of drug-likeness (QED) is 0.626. The molecule has 0 unspecified atom stereocenters. The molecule has 1 heterocycles. The molecule has 0 aliphatic heterocycles. The summed E-state index contributed by atoms with van der Waals surface area (Å²) in [6.45, 7) is 0. The van der Waals surface area contributed by atoms with Crippen LogP contribution in [0.3, 0.4) is 0 Å². The van der Waals surface area contributed by atoms with Gasteiger partial charge in [0.25, 0.3) is 5.91 Å². The maximum absolute atomic E-state index is 11.9. The van der Waals surface area contributed by atoms with Crippen LogP contribution in [0.15, 0.2) is 30.6 Å². The van der Waals surface area contributed by atoms with Gasteiger partial charge in [-0.15, -0.1) is 0 Å². The lowest BCUT2D eigenvalue weighted by molar-refractivity contribution is 0.102. The molecular weight excluding hydrogens is 388 g/mol. The number of halogens is 3. The standard InChI is InChI=1S/C11H6Cl2IN3O/c12-7-3-6(1-2-8(7)14)11(18)17-10-4-9(13)15-5-16-10/h1-5H,(H,15,16,17,18). The van der Waals surface area contributed by atoms with E-state index in [-0.39, 0.29) is 11.1 Å². The Morgan fingerprint density at radius 2 is 2.00 bits per heavy atom. The molecule has 0 aliphatic rings. The van der Waals surface area contributed by atoms with Gasteiger partial charge >= 0.3 is 0 Å². The largest absolute Gasteiger partial charge is 0.306 e. The maximum Gasteiger partial charge on any atom is 0.256 e. The molecule has 0 fully saturated rings. The van der Waals surface area contributed by atoms with Gasteiger partial charge in [-0.25, -0.2) is 9.97 Å². The molecule has 0 atom stereocenters. The van der Waals surface area contributed by atoms with E-state index in [4.69, 9.17) is 23.2 Å². The van der Waals surface area contributed by atoms with Crippen molar-refractivity contribution in [1.29, 1.82) is 0 Å². The van der Waals surface area contributed by atoms with E-state index in [2.05, 4.69) is 37.9 Å². The van der Waals surface area contributed by atoms with E-state index < -0.39 is 0 Å². The van der Waals surface area contributed by atoms with Crippen molar-refractivity contribution in [3.8, 4) is 0 Å². The Kier molecular flexibility index (Phi) is 4.36. The first-order valence-corrected chi connectivity index (χ1v) is 6.63. The zero-order valence-electron chi connectivity index (χ0n) is 8.82. The summed E-state index contributed by atoms with van der Waals surface area (Å²) in [4.78, 5) is 19.5. The first-order chi connectivity index (χ1) is 8.56. The van der Waals surface area contributed by atoms with Crippen LogP contribution in [0.25, 0.3) is 0 Å². The molecule has 92 valence electrons. The third-order valence-electron chi connectivity index (χ3n) is 2.06. The molecule has 0 aliphatic carbocycles. The van der Waals surface area contributed by atoms with E-state index in [1.165, 1.54) is 12.4 Å². The normalized spacial score (nSPS) is 10.2. The highest BCUT2D eigenvalue weighted by molar-refractivity contribution is 14.1. The highest BCUT2D eigenvalue weighted by Crippen LogP contribution is 2.20. The molecule has 0 radical (unpaired) electrons. The van der Waals surface area contributed by atoms with E-state index >= 15 is 0 Å². The average Bonchev–Trinajstić information content (AvgIpc) is 2.32. The van der Waals surface area contributed by atoms with E-state index in [0.717, 1.165) is 3.57 Å². The molecule has 1 aromatic heterocycles. The van der Waals surface area contributed by atoms with Crippen LogP contribution in [0.1, 0.15) is 10.4 Å². The molecule has 2 rings (SSSR count). The lowest BCUT2D eigenvalue weighted by Gasteiger charge is -2.05. The van der Waals surface area contributed by atoms with Crippen LogP contribution in [0.5, 0.6) is 0 Å². The summed E-state index contributed by atoms with van der Waals surface area (Å²) < 4.78 is 0.885. The Balaban J connectivity index is 2.19. The predicted octanol–water partition coefficient (Wildman–Crippen LogP) is 3.64. The van der Waals surface area contributed by atoms with Gasteiger partial charge in [-0.1, -0.05) is 23.2 Å². The van der Waals surface area contributed by atoms with Crippen LogP contribution < -0.4 is 5.32 Å². The Bertz CT molecular complexity index is 607. The highest BCUT2D eigenvalue weighted by atomic mass is 127. The minimum absolute atomic E-state index is 0.265. The molecule has 0 spiro atoms. The van der Waals surface area contributed by atoms with Crippen molar-refractivity contribution in [3.63, 3.8) is 0 Å². The molecule has 0 saturated heterocycles. The first kappa shape index (κ1) is 13.5. The number of aromatic nitrogens is 2. The fourth-order valence-corrected chi connectivity index (χ4v) is 1.89. The maximum atomic E-state index is 11.9. The Morgan fingerprint density at radius 1 is 1.22 bits per heavy atom. The number of amides is 1. The second-order valence-corrected chi connectivity index (χ2v) is 5.27. The smallest absolute Gasteiger partial charge is 0.256 e. The van der Waals surface area contributed by atoms with Gasteiger partial charge in [0.15, 0.2) is 0 Å². The molecule has 2 aromatic rings. The number of anilines is 1. The molecule has 4 nitrogen and oxygen atoms in total. The number of nitrogens with zero attached hydrogens (tertiary/aromatic N) is 2. The van der Waals surface area contributed by atoms with E-state index in [1.807, 2.05) is 0 Å². The number of carbonyl (C=O) groups is 1. The fourth-order valence-electron chi connectivity index (χ4n) is 1.23. The summed E-state index contributed by atoms with van der Waals surface area (Å²) in [6, 6.07) is 6.52. The van der Waals surface area contributed by atoms with Crippen LogP contribution in [-0.2, 0) is 0 Å². The van der Waals surface area contributed by atoms with Crippen molar-refractivity contribution in [1.82, 2.24) is 9.97 Å². The van der Waals surface area contributed by atoms with Crippen molar-refractivity contribution >= 4 is 57.5 Å². The summed E-state index contributed by atoms with van der Waals surface area (Å²) >= 11 is 13.7. The molecule has 7 heteroatoms. The summed E-state index contributed by atoms with van der Waals surface area (Å²) in [5.41, 5.74) is 0.454. The van der Waals surface area contributed by atoms with E-state index in [0.29, 0.717) is 16.4 Å². The van der Waals surface area contributed by atoms with Gasteiger partial charge < -0.3 is 5.32 Å². The average molecular weight is 394 g/mol. The van der Waals surface area contributed by atoms with Crippen molar-refractivity contribution in [2.75, 3.05) is 5.32 Å². The second kappa shape index (κ2) is 5.81. The Hall–Kier alpha value is -0.920. The molecule has 1 N–H and O–H groups in total. The van der Waals surface area contributed by atoms with Crippen molar-refractivity contribution in [2.45, 2.75) is 0 Å². The van der Waals surface area contributed by atoms with Gasteiger partial charge in [-0.2, -0.15) is 0 Å². The minimum atomic E-state index is -0.303. The van der Waals surface area contributed by atoms with Gasteiger partial charge in [0.05, 0.1) is 5.02 Å². The first-order valence-electron chi connectivity index (χ1n) is 4.80. The molecule has 18 heavy (non-hydrogen) atoms. The monoisotopic (exact) mass is 393 g/mol. The number of carbonyl (C=O) groups excluding carboxylic acids is 1. The molecule has 0 bridgehead atoms. The van der Waals surface area contributed by atoms with E-state index in [1.54, 1.807) is 18.2 Å². The van der Waals surface area contributed by atoms with Crippen LogP contribution in [0.4, 0.5) is 5.82 Å². The van der Waals surface area contributed by atoms with Crippen LogP contribution >= 0.6 is 45.8 Å². The molecular formula is C11H6Cl2IN3O. The number of benzene rings is 1. The summed E-state index contributed by atoms with van der Waals surface area (Å²) in [5, 5.41) is 3.41. The number of hydrogen-bond donors (Lipinski definition) is 1. The number of nitrogens with one attached hydrogen (secondary N) is 1. The second-order valence-electron chi connectivity index (χ2n) is 3.31. The van der Waals surface area contributed by atoms with Crippen molar-refractivity contribution in [3.05, 3.63) is 49.9 Å². The topological polar surface area (TPSA) is 54.9 Å². The molecule has 1 amide bonds.